The van der Waals surface area contributed by atoms with Crippen molar-refractivity contribution in [1.29, 1.82) is 0 Å². The Hall–Kier alpha value is -2.10. The first-order valence-corrected chi connectivity index (χ1v) is 4.31. The van der Waals surface area contributed by atoms with E-state index in [1.54, 1.807) is 25.1 Å². The van der Waals surface area contributed by atoms with Gasteiger partial charge in [0.15, 0.2) is 0 Å². The fourth-order valence-electron chi connectivity index (χ4n) is 1.04. The molecule has 1 N–H and O–H groups in total. The maximum atomic E-state index is 11.4. The second-order valence-corrected chi connectivity index (χ2v) is 2.73. The Bertz CT molecular complexity index is 407. The predicted octanol–water partition coefficient (Wildman–Crippen LogP) is 2.08. The highest BCUT2D eigenvalue weighted by molar-refractivity contribution is 6.02. The van der Waals surface area contributed by atoms with Crippen LogP contribution in [0.4, 0.5) is 0 Å². The second-order valence-electron chi connectivity index (χ2n) is 2.73. The highest BCUT2D eigenvalue weighted by Crippen LogP contribution is 2.10. The van der Waals surface area contributed by atoms with Crippen LogP contribution in [0.5, 0.6) is 0 Å². The maximum Gasteiger partial charge on any atom is 0.343 e. The third-order valence-electron chi connectivity index (χ3n) is 1.69. The molecule has 0 atom stereocenters. The molecule has 0 aliphatic rings. The summed E-state index contributed by atoms with van der Waals surface area (Å²) in [5, 5.41) is 8.81. The molecule has 4 nitrogen and oxygen atoms in total. The summed E-state index contributed by atoms with van der Waals surface area (Å²) in [4.78, 5) is 22.2. The zero-order chi connectivity index (χ0) is 11.3. The van der Waals surface area contributed by atoms with E-state index < -0.39 is 11.9 Å². The highest BCUT2D eigenvalue weighted by Gasteiger charge is 2.15. The summed E-state index contributed by atoms with van der Waals surface area (Å²) in [7, 11) is 0. The predicted molar refractivity (Wildman–Crippen MR) is 53.6 cm³/mol. The first kappa shape index (κ1) is 11.0. The van der Waals surface area contributed by atoms with Gasteiger partial charge in [0.2, 0.25) is 0 Å². The number of ether oxygens (including phenoxy) is 1. The number of carboxylic acids is 1. The highest BCUT2D eigenvalue weighted by atomic mass is 16.5. The van der Waals surface area contributed by atoms with Crippen molar-refractivity contribution in [3.63, 3.8) is 0 Å². The Balaban J connectivity index is 3.02. The number of allylic oxidation sites excluding steroid dienone is 1. The maximum absolute atomic E-state index is 11.4. The number of esters is 1. The van der Waals surface area contributed by atoms with Gasteiger partial charge in [0, 0.05) is 0 Å². The number of hydrogen-bond donors (Lipinski definition) is 1. The lowest BCUT2D eigenvalue weighted by molar-refractivity contribution is 0.0631. The minimum absolute atomic E-state index is 0.0445. The molecular formula is C11H10O4. The van der Waals surface area contributed by atoms with Gasteiger partial charge in [-0.05, 0) is 19.1 Å². The Kier molecular flexibility index (Phi) is 3.62. The van der Waals surface area contributed by atoms with E-state index in [0.717, 1.165) is 0 Å². The van der Waals surface area contributed by atoms with Gasteiger partial charge in [-0.15, -0.1) is 0 Å². The summed E-state index contributed by atoms with van der Waals surface area (Å²) in [6, 6.07) is 5.90. The van der Waals surface area contributed by atoms with Gasteiger partial charge in [-0.2, -0.15) is 0 Å². The Labute approximate surface area is 86.8 Å². The van der Waals surface area contributed by atoms with Gasteiger partial charge in [-0.3, -0.25) is 0 Å². The van der Waals surface area contributed by atoms with E-state index in [0.29, 0.717) is 0 Å². The van der Waals surface area contributed by atoms with E-state index in [2.05, 4.69) is 4.74 Å². The molecule has 0 aliphatic heterocycles. The average molecular weight is 206 g/mol. The first-order chi connectivity index (χ1) is 7.16. The number of aromatic carboxylic acids is 1. The number of rotatable bonds is 3. The normalized spacial score (nSPS) is 10.2. The summed E-state index contributed by atoms with van der Waals surface area (Å²) in [6.07, 6.45) is 2.75. The smallest absolute Gasteiger partial charge is 0.343 e. The molecule has 0 spiro atoms. The van der Waals surface area contributed by atoms with Crippen LogP contribution in [0.15, 0.2) is 36.6 Å². The quantitative estimate of drug-likeness (QED) is 0.607. The Morgan fingerprint density at radius 1 is 1.27 bits per heavy atom. The molecule has 0 aromatic heterocycles. The molecule has 0 saturated carbocycles. The van der Waals surface area contributed by atoms with Gasteiger partial charge in [0.25, 0.3) is 0 Å². The van der Waals surface area contributed by atoms with E-state index in [1.807, 2.05) is 0 Å². The van der Waals surface area contributed by atoms with Crippen molar-refractivity contribution < 1.29 is 19.4 Å². The molecule has 0 heterocycles. The monoisotopic (exact) mass is 206 g/mol. The van der Waals surface area contributed by atoms with E-state index in [-0.39, 0.29) is 11.1 Å². The van der Waals surface area contributed by atoms with Gasteiger partial charge in [0.1, 0.15) is 0 Å². The van der Waals surface area contributed by atoms with Crippen LogP contribution in [0.25, 0.3) is 0 Å². The molecule has 0 amide bonds. The molecule has 0 bridgehead atoms. The van der Waals surface area contributed by atoms with Crippen LogP contribution in [0.3, 0.4) is 0 Å². The zero-order valence-electron chi connectivity index (χ0n) is 8.14. The molecule has 1 aromatic rings. The van der Waals surface area contributed by atoms with Crippen LogP contribution < -0.4 is 0 Å². The summed E-state index contributed by atoms with van der Waals surface area (Å²) in [6.45, 7) is 1.69. The summed E-state index contributed by atoms with van der Waals surface area (Å²) in [5.41, 5.74) is -0.0184. The zero-order valence-corrected chi connectivity index (χ0v) is 8.14. The van der Waals surface area contributed by atoms with Crippen molar-refractivity contribution in [1.82, 2.24) is 0 Å². The third kappa shape index (κ3) is 2.67. The van der Waals surface area contributed by atoms with Crippen molar-refractivity contribution >= 4 is 11.9 Å². The molecule has 4 heteroatoms. The minimum Gasteiger partial charge on any atom is -0.478 e. The molecule has 0 unspecified atom stereocenters. The van der Waals surface area contributed by atoms with Crippen molar-refractivity contribution in [3.05, 3.63) is 47.7 Å². The summed E-state index contributed by atoms with van der Waals surface area (Å²) >= 11 is 0. The van der Waals surface area contributed by atoms with Crippen LogP contribution >= 0.6 is 0 Å². The van der Waals surface area contributed by atoms with Crippen molar-refractivity contribution in [2.45, 2.75) is 6.92 Å². The molecule has 0 aliphatic carbocycles. The van der Waals surface area contributed by atoms with Crippen molar-refractivity contribution in [3.8, 4) is 0 Å². The Morgan fingerprint density at radius 3 is 2.40 bits per heavy atom. The molecule has 0 radical (unpaired) electrons. The van der Waals surface area contributed by atoms with Crippen LogP contribution in [0, 0.1) is 0 Å². The molecular weight excluding hydrogens is 196 g/mol. The van der Waals surface area contributed by atoms with Crippen LogP contribution in [0.2, 0.25) is 0 Å². The van der Waals surface area contributed by atoms with Crippen LogP contribution in [-0.2, 0) is 4.74 Å². The molecule has 0 fully saturated rings. The minimum atomic E-state index is -1.15. The van der Waals surface area contributed by atoms with Gasteiger partial charge < -0.3 is 9.84 Å². The number of hydrogen-bond acceptors (Lipinski definition) is 3. The van der Waals surface area contributed by atoms with E-state index in [1.165, 1.54) is 18.4 Å². The van der Waals surface area contributed by atoms with Gasteiger partial charge >= 0.3 is 11.9 Å². The van der Waals surface area contributed by atoms with Crippen molar-refractivity contribution in [2.24, 2.45) is 0 Å². The number of carbonyl (C=O) groups excluding carboxylic acids is 1. The number of carboxylic acid groups (broad SMARTS) is 1. The fraction of sp³-hybridized carbons (Fsp3) is 0.0909. The van der Waals surface area contributed by atoms with Gasteiger partial charge in [-0.25, -0.2) is 9.59 Å². The standard InChI is InChI=1S/C11H10O4/c1-2-7-15-11(14)9-6-4-3-5-8(9)10(12)13/h2-7H,1H3,(H,12,13). The van der Waals surface area contributed by atoms with Crippen molar-refractivity contribution in [2.75, 3.05) is 0 Å². The molecule has 15 heavy (non-hydrogen) atoms. The Morgan fingerprint density at radius 2 is 1.87 bits per heavy atom. The number of benzene rings is 1. The SMILES string of the molecule is CC=COC(=O)c1ccccc1C(=O)O. The largest absolute Gasteiger partial charge is 0.478 e. The molecule has 78 valence electrons. The van der Waals surface area contributed by atoms with Gasteiger partial charge in [0.05, 0.1) is 17.4 Å². The average Bonchev–Trinajstić information content (AvgIpc) is 2.25. The molecule has 1 aromatic carbocycles. The van der Waals surface area contributed by atoms with Crippen LogP contribution in [0.1, 0.15) is 27.6 Å². The molecule has 0 saturated heterocycles. The lowest BCUT2D eigenvalue weighted by Gasteiger charge is -2.02. The topological polar surface area (TPSA) is 63.6 Å². The fourth-order valence-corrected chi connectivity index (χ4v) is 1.04. The summed E-state index contributed by atoms with van der Waals surface area (Å²) < 4.78 is 4.69. The first-order valence-electron chi connectivity index (χ1n) is 4.31. The van der Waals surface area contributed by atoms with E-state index in [4.69, 9.17) is 5.11 Å². The van der Waals surface area contributed by atoms with Crippen LogP contribution in [-0.4, -0.2) is 17.0 Å². The lowest BCUT2D eigenvalue weighted by atomic mass is 10.1. The van der Waals surface area contributed by atoms with E-state index in [9.17, 15) is 9.59 Å². The summed E-state index contributed by atoms with van der Waals surface area (Å²) in [5.74, 6) is -1.82. The molecule has 1 rings (SSSR count). The lowest BCUT2D eigenvalue weighted by Crippen LogP contribution is -2.09. The number of carbonyl (C=O) groups is 2. The van der Waals surface area contributed by atoms with Gasteiger partial charge in [-0.1, -0.05) is 18.2 Å². The second kappa shape index (κ2) is 4.95. The third-order valence-corrected chi connectivity index (χ3v) is 1.69. The van der Waals surface area contributed by atoms with E-state index >= 15 is 0 Å².